The molecule has 1 aromatic heterocycles. The van der Waals surface area contributed by atoms with Gasteiger partial charge in [-0.25, -0.2) is 4.98 Å². The van der Waals surface area contributed by atoms with Crippen LogP contribution in [0.15, 0.2) is 6.20 Å². The monoisotopic (exact) mass is 252 g/mol. The number of ether oxygens (including phenoxy) is 1. The van der Waals surface area contributed by atoms with Crippen LogP contribution >= 0.6 is 0 Å². The third-order valence-electron chi connectivity index (χ3n) is 2.52. The first-order valence-corrected chi connectivity index (χ1v) is 6.44. The number of hydrogen-bond acceptors (Lipinski definition) is 5. The van der Waals surface area contributed by atoms with E-state index in [1.165, 1.54) is 0 Å². The fraction of sp³-hybridized carbons (Fsp3) is 0.692. The molecule has 1 heterocycles. The molecule has 18 heavy (non-hydrogen) atoms. The molecule has 0 aliphatic heterocycles. The Bertz CT molecular complexity index is 379. The molecule has 102 valence electrons. The Morgan fingerprint density at radius 3 is 2.61 bits per heavy atom. The van der Waals surface area contributed by atoms with Gasteiger partial charge < -0.3 is 15.4 Å². The summed E-state index contributed by atoms with van der Waals surface area (Å²) in [4.78, 5) is 8.65. The predicted octanol–water partition coefficient (Wildman–Crippen LogP) is 2.44. The minimum atomic E-state index is -0.204. The maximum absolute atomic E-state index is 5.65. The molecule has 1 aromatic rings. The normalized spacial score (nSPS) is 11.4. The molecule has 0 amide bonds. The van der Waals surface area contributed by atoms with Crippen molar-refractivity contribution in [1.29, 1.82) is 0 Å². The first-order chi connectivity index (χ1) is 8.48. The lowest BCUT2D eigenvalue weighted by Crippen LogP contribution is -2.33. The van der Waals surface area contributed by atoms with Crippen molar-refractivity contribution in [2.45, 2.75) is 40.2 Å². The summed E-state index contributed by atoms with van der Waals surface area (Å²) in [5.74, 6) is 1.51. The van der Waals surface area contributed by atoms with Gasteiger partial charge in [0.2, 0.25) is 5.95 Å². The Morgan fingerprint density at radius 1 is 1.28 bits per heavy atom. The Morgan fingerprint density at radius 2 is 2.00 bits per heavy atom. The highest BCUT2D eigenvalue weighted by Crippen LogP contribution is 2.15. The molecule has 0 spiro atoms. The molecule has 1 rings (SSSR count). The summed E-state index contributed by atoms with van der Waals surface area (Å²) >= 11 is 0. The van der Waals surface area contributed by atoms with Crippen molar-refractivity contribution < 1.29 is 4.74 Å². The van der Waals surface area contributed by atoms with Gasteiger partial charge in [0, 0.05) is 31.5 Å². The molecule has 5 nitrogen and oxygen atoms in total. The summed E-state index contributed by atoms with van der Waals surface area (Å²) in [6.07, 6.45) is 1.82. The highest BCUT2D eigenvalue weighted by Gasteiger charge is 2.17. The molecule has 0 bridgehead atoms. The van der Waals surface area contributed by atoms with Gasteiger partial charge in [0.1, 0.15) is 5.82 Å². The number of nitrogens with zero attached hydrogens (tertiary/aromatic N) is 2. The van der Waals surface area contributed by atoms with E-state index in [1.807, 2.05) is 27.0 Å². The highest BCUT2D eigenvalue weighted by atomic mass is 16.5. The van der Waals surface area contributed by atoms with Crippen LogP contribution in [-0.2, 0) is 4.74 Å². The second-order valence-electron chi connectivity index (χ2n) is 4.80. The van der Waals surface area contributed by atoms with E-state index >= 15 is 0 Å². The first kappa shape index (κ1) is 14.7. The second kappa shape index (κ2) is 6.54. The van der Waals surface area contributed by atoms with Gasteiger partial charge in [-0.1, -0.05) is 0 Å². The van der Waals surface area contributed by atoms with Crippen LogP contribution in [0, 0.1) is 6.92 Å². The molecule has 0 saturated carbocycles. The number of rotatable bonds is 7. The second-order valence-corrected chi connectivity index (χ2v) is 4.80. The quantitative estimate of drug-likeness (QED) is 0.780. The minimum Gasteiger partial charge on any atom is -0.374 e. The lowest BCUT2D eigenvalue weighted by atomic mass is 10.1. The standard InChI is InChI=1S/C13H24N4O/c1-6-14-12-15-8-10(3)11(17-12)16-9-13(4,5)18-7-2/h8H,6-7,9H2,1-5H3,(H2,14,15,16,17). The predicted molar refractivity (Wildman–Crippen MR) is 75.1 cm³/mol. The lowest BCUT2D eigenvalue weighted by Gasteiger charge is -2.25. The van der Waals surface area contributed by atoms with E-state index in [0.29, 0.717) is 19.1 Å². The van der Waals surface area contributed by atoms with E-state index in [4.69, 9.17) is 4.74 Å². The van der Waals surface area contributed by atoms with Gasteiger partial charge in [-0.2, -0.15) is 4.98 Å². The maximum Gasteiger partial charge on any atom is 0.224 e. The van der Waals surface area contributed by atoms with Gasteiger partial charge in [0.25, 0.3) is 0 Å². The number of anilines is 2. The van der Waals surface area contributed by atoms with Crippen molar-refractivity contribution in [2.75, 3.05) is 30.3 Å². The molecule has 0 radical (unpaired) electrons. The summed E-state index contributed by atoms with van der Waals surface area (Å²) in [7, 11) is 0. The van der Waals surface area contributed by atoms with E-state index in [0.717, 1.165) is 17.9 Å². The number of aryl methyl sites for hydroxylation is 1. The fourth-order valence-corrected chi connectivity index (χ4v) is 1.60. The molecule has 0 unspecified atom stereocenters. The molecule has 0 aliphatic carbocycles. The Balaban J connectivity index is 2.68. The molecule has 0 saturated heterocycles. The summed E-state index contributed by atoms with van der Waals surface area (Å²) in [6, 6.07) is 0. The third kappa shape index (κ3) is 4.49. The zero-order valence-electron chi connectivity index (χ0n) is 12.0. The maximum atomic E-state index is 5.65. The molecular weight excluding hydrogens is 228 g/mol. The number of hydrogen-bond donors (Lipinski definition) is 2. The van der Waals surface area contributed by atoms with E-state index in [-0.39, 0.29) is 5.60 Å². The van der Waals surface area contributed by atoms with Crippen molar-refractivity contribution in [3.8, 4) is 0 Å². The van der Waals surface area contributed by atoms with Gasteiger partial charge in [-0.15, -0.1) is 0 Å². The van der Waals surface area contributed by atoms with Crippen LogP contribution in [0.1, 0.15) is 33.3 Å². The molecular formula is C13H24N4O. The smallest absolute Gasteiger partial charge is 0.224 e. The van der Waals surface area contributed by atoms with Gasteiger partial charge in [0.05, 0.1) is 5.60 Å². The van der Waals surface area contributed by atoms with Crippen molar-refractivity contribution in [3.05, 3.63) is 11.8 Å². The van der Waals surface area contributed by atoms with Crippen LogP contribution < -0.4 is 10.6 Å². The molecule has 5 heteroatoms. The topological polar surface area (TPSA) is 59.1 Å². The van der Waals surface area contributed by atoms with Gasteiger partial charge in [0.15, 0.2) is 0 Å². The summed E-state index contributed by atoms with van der Waals surface area (Å²) in [5.41, 5.74) is 0.828. The Kier molecular flexibility index (Phi) is 5.34. The van der Waals surface area contributed by atoms with E-state index < -0.39 is 0 Å². The SMILES string of the molecule is CCNc1ncc(C)c(NCC(C)(C)OCC)n1. The van der Waals surface area contributed by atoms with Crippen LogP contribution in [-0.4, -0.2) is 35.3 Å². The van der Waals surface area contributed by atoms with Crippen molar-refractivity contribution in [2.24, 2.45) is 0 Å². The van der Waals surface area contributed by atoms with E-state index in [1.54, 1.807) is 0 Å². The largest absolute Gasteiger partial charge is 0.374 e. The van der Waals surface area contributed by atoms with Crippen LogP contribution in [0.3, 0.4) is 0 Å². The fourth-order valence-electron chi connectivity index (χ4n) is 1.60. The van der Waals surface area contributed by atoms with Crippen LogP contribution in [0.25, 0.3) is 0 Å². The van der Waals surface area contributed by atoms with Crippen molar-refractivity contribution in [1.82, 2.24) is 9.97 Å². The highest BCUT2D eigenvalue weighted by molar-refractivity contribution is 5.46. The lowest BCUT2D eigenvalue weighted by molar-refractivity contribution is 0.000636. The Labute approximate surface area is 109 Å². The van der Waals surface area contributed by atoms with Crippen LogP contribution in [0.4, 0.5) is 11.8 Å². The average molecular weight is 252 g/mol. The summed E-state index contributed by atoms with van der Waals surface area (Å²) in [6.45, 7) is 12.4. The summed E-state index contributed by atoms with van der Waals surface area (Å²) in [5, 5.41) is 6.42. The van der Waals surface area contributed by atoms with Crippen molar-refractivity contribution >= 4 is 11.8 Å². The van der Waals surface area contributed by atoms with E-state index in [9.17, 15) is 0 Å². The molecule has 0 fully saturated rings. The molecule has 0 aliphatic rings. The zero-order valence-corrected chi connectivity index (χ0v) is 12.0. The van der Waals surface area contributed by atoms with Gasteiger partial charge in [-0.3, -0.25) is 0 Å². The number of aromatic nitrogens is 2. The molecule has 2 N–H and O–H groups in total. The summed E-state index contributed by atoms with van der Waals surface area (Å²) < 4.78 is 5.65. The number of nitrogens with one attached hydrogen (secondary N) is 2. The van der Waals surface area contributed by atoms with Gasteiger partial charge in [-0.05, 0) is 34.6 Å². The van der Waals surface area contributed by atoms with Gasteiger partial charge >= 0.3 is 0 Å². The van der Waals surface area contributed by atoms with Crippen LogP contribution in [0.2, 0.25) is 0 Å². The average Bonchev–Trinajstić information content (AvgIpc) is 2.30. The third-order valence-corrected chi connectivity index (χ3v) is 2.52. The molecule has 0 aromatic carbocycles. The first-order valence-electron chi connectivity index (χ1n) is 6.44. The zero-order chi connectivity index (χ0) is 13.6. The minimum absolute atomic E-state index is 0.204. The van der Waals surface area contributed by atoms with Crippen molar-refractivity contribution in [3.63, 3.8) is 0 Å². The van der Waals surface area contributed by atoms with Crippen LogP contribution in [0.5, 0.6) is 0 Å². The van der Waals surface area contributed by atoms with E-state index in [2.05, 4.69) is 34.4 Å². The molecule has 0 atom stereocenters. The Hall–Kier alpha value is -1.36.